The Morgan fingerprint density at radius 3 is 2.87 bits per heavy atom. The number of amides is 1. The predicted octanol–water partition coefficient (Wildman–Crippen LogP) is 2.95. The molecule has 1 saturated heterocycles. The van der Waals surface area contributed by atoms with Gasteiger partial charge in [0.05, 0.1) is 0 Å². The van der Waals surface area contributed by atoms with Gasteiger partial charge >= 0.3 is 0 Å². The Bertz CT molecular complexity index is 740. The van der Waals surface area contributed by atoms with Crippen LogP contribution < -0.4 is 5.32 Å². The Labute approximate surface area is 137 Å². The van der Waals surface area contributed by atoms with Gasteiger partial charge in [0.25, 0.3) is 5.91 Å². The maximum absolute atomic E-state index is 12.2. The first-order valence-electron chi connectivity index (χ1n) is 8.36. The van der Waals surface area contributed by atoms with Gasteiger partial charge in [0.2, 0.25) is 0 Å². The van der Waals surface area contributed by atoms with Crippen molar-refractivity contribution in [2.45, 2.75) is 19.4 Å². The topological polar surface area (TPSA) is 32.3 Å². The largest absolute Gasteiger partial charge is 0.352 e. The van der Waals surface area contributed by atoms with E-state index in [-0.39, 0.29) is 5.91 Å². The molecule has 0 saturated carbocycles. The summed E-state index contributed by atoms with van der Waals surface area (Å²) in [5, 5.41) is 3.10. The fraction of sp³-hybridized carbons (Fsp3) is 0.350. The Hall–Kier alpha value is -2.13. The molecule has 2 unspecified atom stereocenters. The third-order valence-corrected chi connectivity index (χ3v) is 5.13. The van der Waals surface area contributed by atoms with Crippen molar-refractivity contribution in [2.75, 3.05) is 19.6 Å². The summed E-state index contributed by atoms with van der Waals surface area (Å²) in [6, 6.07) is 16.8. The summed E-state index contributed by atoms with van der Waals surface area (Å²) in [4.78, 5) is 14.7. The van der Waals surface area contributed by atoms with Gasteiger partial charge in [-0.25, -0.2) is 0 Å². The van der Waals surface area contributed by atoms with E-state index in [1.807, 2.05) is 12.1 Å². The van der Waals surface area contributed by atoms with Crippen LogP contribution in [-0.2, 0) is 6.54 Å². The van der Waals surface area contributed by atoms with Crippen LogP contribution in [0.4, 0.5) is 0 Å². The van der Waals surface area contributed by atoms with Crippen LogP contribution in [-0.4, -0.2) is 30.4 Å². The third kappa shape index (κ3) is 2.77. The number of aryl methyl sites for hydroxylation is 1. The molecule has 1 amide bonds. The molecule has 0 radical (unpaired) electrons. The van der Waals surface area contributed by atoms with Crippen molar-refractivity contribution in [3.8, 4) is 0 Å². The maximum Gasteiger partial charge on any atom is 0.251 e. The summed E-state index contributed by atoms with van der Waals surface area (Å²) < 4.78 is 0. The van der Waals surface area contributed by atoms with Crippen LogP contribution in [0.2, 0.25) is 0 Å². The molecule has 0 spiro atoms. The number of carbonyl (C=O) groups excluding carboxylic acids is 1. The lowest BCUT2D eigenvalue weighted by atomic mass is 9.87. The van der Waals surface area contributed by atoms with E-state index >= 15 is 0 Å². The van der Waals surface area contributed by atoms with Crippen molar-refractivity contribution in [3.05, 3.63) is 70.8 Å². The number of hydrogen-bond donors (Lipinski definition) is 1. The minimum atomic E-state index is 0.0836. The van der Waals surface area contributed by atoms with Crippen molar-refractivity contribution in [2.24, 2.45) is 5.92 Å². The van der Waals surface area contributed by atoms with E-state index in [1.165, 1.54) is 16.7 Å². The van der Waals surface area contributed by atoms with E-state index in [2.05, 4.69) is 53.5 Å². The molecule has 2 aromatic rings. The van der Waals surface area contributed by atoms with Gasteiger partial charge < -0.3 is 5.32 Å². The Morgan fingerprint density at radius 1 is 1.13 bits per heavy atom. The van der Waals surface area contributed by atoms with E-state index in [4.69, 9.17) is 0 Å². The van der Waals surface area contributed by atoms with E-state index in [9.17, 15) is 4.79 Å². The summed E-state index contributed by atoms with van der Waals surface area (Å²) in [6.45, 7) is 5.99. The molecule has 2 aliphatic heterocycles. The highest BCUT2D eigenvalue weighted by molar-refractivity contribution is 5.96. The monoisotopic (exact) mass is 306 g/mol. The fourth-order valence-corrected chi connectivity index (χ4v) is 4.06. The van der Waals surface area contributed by atoms with Crippen LogP contribution in [0.25, 0.3) is 0 Å². The van der Waals surface area contributed by atoms with E-state index in [1.54, 1.807) is 0 Å². The summed E-state index contributed by atoms with van der Waals surface area (Å²) in [7, 11) is 0. The number of likely N-dealkylation sites (tertiary alicyclic amines) is 1. The Kier molecular flexibility index (Phi) is 3.66. The quantitative estimate of drug-likeness (QED) is 0.925. The van der Waals surface area contributed by atoms with Gasteiger partial charge in [-0.05, 0) is 30.0 Å². The van der Waals surface area contributed by atoms with Gasteiger partial charge in [-0.15, -0.1) is 0 Å². The molecule has 23 heavy (non-hydrogen) atoms. The van der Waals surface area contributed by atoms with Gasteiger partial charge in [0.1, 0.15) is 0 Å². The minimum Gasteiger partial charge on any atom is -0.352 e. The number of rotatable bonds is 2. The Morgan fingerprint density at radius 2 is 2.00 bits per heavy atom. The van der Waals surface area contributed by atoms with Crippen molar-refractivity contribution < 1.29 is 4.79 Å². The first-order valence-corrected chi connectivity index (χ1v) is 8.36. The van der Waals surface area contributed by atoms with Gasteiger partial charge in [-0.2, -0.15) is 0 Å². The van der Waals surface area contributed by atoms with Gasteiger partial charge in [-0.3, -0.25) is 9.69 Å². The molecule has 3 nitrogen and oxygen atoms in total. The summed E-state index contributed by atoms with van der Waals surface area (Å²) in [6.07, 6.45) is 0. The molecule has 1 N–H and O–H groups in total. The summed E-state index contributed by atoms with van der Waals surface area (Å²) >= 11 is 0. The van der Waals surface area contributed by atoms with E-state index < -0.39 is 0 Å². The number of nitrogens with zero attached hydrogens (tertiary/aromatic N) is 1. The minimum absolute atomic E-state index is 0.0836. The van der Waals surface area contributed by atoms with Crippen LogP contribution in [0.3, 0.4) is 0 Å². The van der Waals surface area contributed by atoms with Gasteiger partial charge in [0.15, 0.2) is 0 Å². The van der Waals surface area contributed by atoms with Crippen LogP contribution in [0.1, 0.15) is 33.0 Å². The molecule has 2 aromatic carbocycles. The zero-order chi connectivity index (χ0) is 15.8. The van der Waals surface area contributed by atoms with Gasteiger partial charge in [-0.1, -0.05) is 48.0 Å². The molecular formula is C20H22N2O. The second kappa shape index (κ2) is 5.82. The molecule has 118 valence electrons. The van der Waals surface area contributed by atoms with Crippen molar-refractivity contribution in [1.29, 1.82) is 0 Å². The smallest absolute Gasteiger partial charge is 0.251 e. The summed E-state index contributed by atoms with van der Waals surface area (Å²) in [5.41, 5.74) is 4.77. The molecule has 2 heterocycles. The molecule has 2 atom stereocenters. The second-order valence-electron chi connectivity index (χ2n) is 6.85. The molecule has 1 fully saturated rings. The average molecular weight is 306 g/mol. The van der Waals surface area contributed by atoms with E-state index in [0.717, 1.165) is 31.7 Å². The zero-order valence-corrected chi connectivity index (χ0v) is 13.5. The highest BCUT2D eigenvalue weighted by Gasteiger charge is 2.37. The number of benzene rings is 2. The van der Waals surface area contributed by atoms with E-state index in [0.29, 0.717) is 11.8 Å². The highest BCUT2D eigenvalue weighted by atomic mass is 16.1. The Balaban J connectivity index is 1.57. The number of hydrogen-bond acceptors (Lipinski definition) is 2. The van der Waals surface area contributed by atoms with Crippen LogP contribution >= 0.6 is 0 Å². The summed E-state index contributed by atoms with van der Waals surface area (Å²) in [5.74, 6) is 1.04. The van der Waals surface area contributed by atoms with Crippen LogP contribution in [0, 0.1) is 12.8 Å². The van der Waals surface area contributed by atoms with Crippen molar-refractivity contribution >= 4 is 5.91 Å². The second-order valence-corrected chi connectivity index (χ2v) is 6.85. The first-order chi connectivity index (χ1) is 11.2. The van der Waals surface area contributed by atoms with Crippen LogP contribution in [0.15, 0.2) is 48.5 Å². The lowest BCUT2D eigenvalue weighted by molar-refractivity contribution is 0.0951. The lowest BCUT2D eigenvalue weighted by Crippen LogP contribution is -2.29. The molecule has 0 aromatic heterocycles. The van der Waals surface area contributed by atoms with Crippen LogP contribution in [0.5, 0.6) is 0 Å². The molecule has 0 aliphatic carbocycles. The molecular weight excluding hydrogens is 284 g/mol. The molecule has 3 heteroatoms. The zero-order valence-electron chi connectivity index (χ0n) is 13.5. The standard InChI is InChI=1S/C20H22N2O/c1-14-5-4-6-15(9-14)11-22-12-16-10-21-20(23)18-8-3-2-7-17(18)19(16)13-22/h2-9,16,19H,10-13H2,1H3,(H,21,23). The first kappa shape index (κ1) is 14.5. The van der Waals surface area contributed by atoms with Gasteiger partial charge in [0, 0.05) is 37.7 Å². The predicted molar refractivity (Wildman–Crippen MR) is 91.5 cm³/mol. The fourth-order valence-electron chi connectivity index (χ4n) is 4.06. The van der Waals surface area contributed by atoms with Crippen molar-refractivity contribution in [1.82, 2.24) is 10.2 Å². The highest BCUT2D eigenvalue weighted by Crippen LogP contribution is 2.36. The van der Waals surface area contributed by atoms with Crippen molar-refractivity contribution in [3.63, 3.8) is 0 Å². The number of nitrogens with one attached hydrogen (secondary N) is 1. The SMILES string of the molecule is Cc1cccc(CN2CC3CNC(=O)c4ccccc4C3C2)c1. The molecule has 2 aliphatic rings. The average Bonchev–Trinajstić information content (AvgIpc) is 2.90. The molecule has 4 rings (SSSR count). The normalized spacial score (nSPS) is 23.8. The molecule has 0 bridgehead atoms. The maximum atomic E-state index is 12.2. The third-order valence-electron chi connectivity index (χ3n) is 5.13. The lowest BCUT2D eigenvalue weighted by Gasteiger charge is -2.17. The number of carbonyl (C=O) groups is 1. The number of fused-ring (bicyclic) bond motifs is 3.